The molecule has 0 fully saturated rings. The zero-order valence-electron chi connectivity index (χ0n) is 8.21. The quantitative estimate of drug-likeness (QED) is 0.774. The zero-order chi connectivity index (χ0) is 10.1. The van der Waals surface area contributed by atoms with Crippen LogP contribution in [0.5, 0.6) is 0 Å². The van der Waals surface area contributed by atoms with Gasteiger partial charge in [-0.2, -0.15) is 0 Å². The molecule has 0 aliphatic carbocycles. The topological polar surface area (TPSA) is 20.2 Å². The van der Waals surface area contributed by atoms with Crippen LogP contribution in [0.3, 0.4) is 0 Å². The maximum Gasteiger partial charge on any atom is 0.0905 e. The van der Waals surface area contributed by atoms with Crippen LogP contribution in [0.15, 0.2) is 24.3 Å². The van der Waals surface area contributed by atoms with Gasteiger partial charge in [-0.1, -0.05) is 43.6 Å². The molecular formula is C11H15ClO. The summed E-state index contributed by atoms with van der Waals surface area (Å²) in [5.74, 6) is 0.146. The van der Waals surface area contributed by atoms with E-state index < -0.39 is 5.60 Å². The van der Waals surface area contributed by atoms with Crippen LogP contribution >= 0.6 is 11.6 Å². The first-order chi connectivity index (χ1) is 5.96. The molecule has 1 rings (SSSR count). The first-order valence-electron chi connectivity index (χ1n) is 4.43. The summed E-state index contributed by atoms with van der Waals surface area (Å²) >= 11 is 5.99. The zero-order valence-corrected chi connectivity index (χ0v) is 8.97. The number of halogens is 1. The molecule has 0 aromatic heterocycles. The highest BCUT2D eigenvalue weighted by atomic mass is 35.5. The Bertz CT molecular complexity index is 292. The van der Waals surface area contributed by atoms with Crippen LogP contribution in [0.2, 0.25) is 5.02 Å². The second kappa shape index (κ2) is 3.69. The maximum atomic E-state index is 10.2. The lowest BCUT2D eigenvalue weighted by Gasteiger charge is -2.29. The first kappa shape index (κ1) is 10.6. The standard InChI is InChI=1S/C11H15ClO/c1-8(2)11(3,13)9-6-4-5-7-10(9)12/h4-8,13H,1-3H3. The van der Waals surface area contributed by atoms with Gasteiger partial charge in [-0.25, -0.2) is 0 Å². The molecule has 0 aliphatic heterocycles. The van der Waals surface area contributed by atoms with E-state index >= 15 is 0 Å². The molecule has 0 amide bonds. The molecule has 2 heteroatoms. The van der Waals surface area contributed by atoms with Crippen molar-refractivity contribution >= 4 is 11.6 Å². The van der Waals surface area contributed by atoms with Gasteiger partial charge in [0, 0.05) is 10.6 Å². The number of benzene rings is 1. The van der Waals surface area contributed by atoms with Crippen LogP contribution in [0.1, 0.15) is 26.3 Å². The summed E-state index contributed by atoms with van der Waals surface area (Å²) in [5, 5.41) is 10.8. The highest BCUT2D eigenvalue weighted by Gasteiger charge is 2.28. The van der Waals surface area contributed by atoms with Gasteiger partial charge in [-0.05, 0) is 18.9 Å². The lowest BCUT2D eigenvalue weighted by molar-refractivity contribution is 0.00916. The fourth-order valence-electron chi connectivity index (χ4n) is 1.18. The van der Waals surface area contributed by atoms with Crippen LogP contribution in [0.4, 0.5) is 0 Å². The Morgan fingerprint density at radius 2 is 1.85 bits per heavy atom. The Labute approximate surface area is 84.4 Å². The van der Waals surface area contributed by atoms with Crippen molar-refractivity contribution in [1.29, 1.82) is 0 Å². The average molecular weight is 199 g/mol. The van der Waals surface area contributed by atoms with Gasteiger partial charge in [-0.3, -0.25) is 0 Å². The van der Waals surface area contributed by atoms with Gasteiger partial charge in [0.1, 0.15) is 0 Å². The van der Waals surface area contributed by atoms with Crippen molar-refractivity contribution in [2.75, 3.05) is 0 Å². The summed E-state index contributed by atoms with van der Waals surface area (Å²) in [6.07, 6.45) is 0. The molecule has 0 saturated heterocycles. The minimum Gasteiger partial charge on any atom is -0.385 e. The van der Waals surface area contributed by atoms with Crippen LogP contribution < -0.4 is 0 Å². The van der Waals surface area contributed by atoms with Crippen LogP contribution in [-0.4, -0.2) is 5.11 Å². The predicted octanol–water partition coefficient (Wildman–Crippen LogP) is 3.20. The normalized spacial score (nSPS) is 15.8. The van der Waals surface area contributed by atoms with Gasteiger partial charge in [0.15, 0.2) is 0 Å². The molecule has 1 nitrogen and oxygen atoms in total. The van der Waals surface area contributed by atoms with E-state index in [9.17, 15) is 5.11 Å². The van der Waals surface area contributed by atoms with Gasteiger partial charge in [0.05, 0.1) is 5.60 Å². The molecule has 0 spiro atoms. The molecule has 0 bridgehead atoms. The molecule has 72 valence electrons. The molecule has 1 aromatic carbocycles. The van der Waals surface area contributed by atoms with E-state index in [1.54, 1.807) is 13.0 Å². The van der Waals surface area contributed by atoms with Crippen LogP contribution in [-0.2, 0) is 5.60 Å². The van der Waals surface area contributed by atoms with Crippen molar-refractivity contribution in [3.05, 3.63) is 34.9 Å². The van der Waals surface area contributed by atoms with Gasteiger partial charge < -0.3 is 5.11 Å². The first-order valence-corrected chi connectivity index (χ1v) is 4.81. The minimum atomic E-state index is -0.849. The third-order valence-electron chi connectivity index (χ3n) is 2.54. The molecule has 1 N–H and O–H groups in total. The minimum absolute atomic E-state index is 0.146. The van der Waals surface area contributed by atoms with E-state index in [-0.39, 0.29) is 5.92 Å². The SMILES string of the molecule is CC(C)C(C)(O)c1ccccc1Cl. The molecule has 0 radical (unpaired) electrons. The summed E-state index contributed by atoms with van der Waals surface area (Å²) in [6, 6.07) is 7.41. The van der Waals surface area contributed by atoms with Gasteiger partial charge >= 0.3 is 0 Å². The highest BCUT2D eigenvalue weighted by molar-refractivity contribution is 6.31. The Morgan fingerprint density at radius 1 is 1.31 bits per heavy atom. The molecular weight excluding hydrogens is 184 g/mol. The Balaban J connectivity index is 3.14. The molecule has 0 aliphatic rings. The second-order valence-corrected chi connectivity index (χ2v) is 4.19. The summed E-state index contributed by atoms with van der Waals surface area (Å²) in [4.78, 5) is 0. The summed E-state index contributed by atoms with van der Waals surface area (Å²) in [6.45, 7) is 5.74. The molecule has 0 saturated carbocycles. The molecule has 0 heterocycles. The van der Waals surface area contributed by atoms with Crippen LogP contribution in [0.25, 0.3) is 0 Å². The summed E-state index contributed by atoms with van der Waals surface area (Å²) in [5.41, 5.74) is -0.0510. The van der Waals surface area contributed by atoms with Crippen molar-refractivity contribution in [2.24, 2.45) is 5.92 Å². The molecule has 1 aromatic rings. The van der Waals surface area contributed by atoms with E-state index in [4.69, 9.17) is 11.6 Å². The Kier molecular flexibility index (Phi) is 2.99. The number of rotatable bonds is 2. The molecule has 1 atom stereocenters. The van der Waals surface area contributed by atoms with Crippen molar-refractivity contribution in [2.45, 2.75) is 26.4 Å². The van der Waals surface area contributed by atoms with E-state index in [1.165, 1.54) is 0 Å². The monoisotopic (exact) mass is 198 g/mol. The van der Waals surface area contributed by atoms with Crippen molar-refractivity contribution in [3.63, 3.8) is 0 Å². The van der Waals surface area contributed by atoms with Gasteiger partial charge in [0.25, 0.3) is 0 Å². The lowest BCUT2D eigenvalue weighted by atomic mass is 9.85. The van der Waals surface area contributed by atoms with E-state index in [1.807, 2.05) is 32.0 Å². The lowest BCUT2D eigenvalue weighted by Crippen LogP contribution is -2.28. The second-order valence-electron chi connectivity index (χ2n) is 3.78. The number of aliphatic hydroxyl groups is 1. The molecule has 13 heavy (non-hydrogen) atoms. The van der Waals surface area contributed by atoms with E-state index in [0.29, 0.717) is 5.02 Å². The van der Waals surface area contributed by atoms with Gasteiger partial charge in [-0.15, -0.1) is 0 Å². The van der Waals surface area contributed by atoms with Gasteiger partial charge in [0.2, 0.25) is 0 Å². The maximum absolute atomic E-state index is 10.2. The van der Waals surface area contributed by atoms with Crippen molar-refractivity contribution < 1.29 is 5.11 Å². The largest absolute Gasteiger partial charge is 0.385 e. The Hall–Kier alpha value is -0.530. The third kappa shape index (κ3) is 2.04. The van der Waals surface area contributed by atoms with Crippen LogP contribution in [0, 0.1) is 5.92 Å². The average Bonchev–Trinajstić information content (AvgIpc) is 2.04. The molecule has 1 unspecified atom stereocenters. The summed E-state index contributed by atoms with van der Waals surface area (Å²) < 4.78 is 0. The highest BCUT2D eigenvalue weighted by Crippen LogP contribution is 2.33. The van der Waals surface area contributed by atoms with E-state index in [0.717, 1.165) is 5.56 Å². The smallest absolute Gasteiger partial charge is 0.0905 e. The fraction of sp³-hybridized carbons (Fsp3) is 0.455. The summed E-state index contributed by atoms with van der Waals surface area (Å²) in [7, 11) is 0. The number of hydrogen-bond acceptors (Lipinski definition) is 1. The third-order valence-corrected chi connectivity index (χ3v) is 2.87. The fourth-order valence-corrected chi connectivity index (χ4v) is 1.51. The Morgan fingerprint density at radius 3 is 2.31 bits per heavy atom. The predicted molar refractivity (Wildman–Crippen MR) is 55.9 cm³/mol. The number of hydrogen-bond donors (Lipinski definition) is 1. The van der Waals surface area contributed by atoms with Crippen molar-refractivity contribution in [1.82, 2.24) is 0 Å². The van der Waals surface area contributed by atoms with E-state index in [2.05, 4.69) is 0 Å². The van der Waals surface area contributed by atoms with Crippen molar-refractivity contribution in [3.8, 4) is 0 Å².